The third-order valence-corrected chi connectivity index (χ3v) is 9.00. The fourth-order valence-corrected chi connectivity index (χ4v) is 3.37. The standard InChI is InChI=1S/C20H33NO4Si/c1-19(2,3)24-18(23)21-17(15-12-10-9-11-13-15)16(14-22)25-26(7,8)20(4,5)6/h9-14,16-17H,1-8H3,(H,21,23)/t16-,17-/m1/s1. The number of alkyl carbamates (subject to hydrolysis) is 1. The molecule has 0 saturated heterocycles. The van der Waals surface area contributed by atoms with E-state index in [1.165, 1.54) is 0 Å². The Bertz CT molecular complexity index is 602. The van der Waals surface area contributed by atoms with Crippen LogP contribution in [0, 0.1) is 0 Å². The van der Waals surface area contributed by atoms with Gasteiger partial charge in [-0.1, -0.05) is 51.1 Å². The zero-order valence-corrected chi connectivity index (χ0v) is 18.3. The monoisotopic (exact) mass is 379 g/mol. The molecule has 1 N–H and O–H groups in total. The summed E-state index contributed by atoms with van der Waals surface area (Å²) in [6, 6.07) is 8.75. The Morgan fingerprint density at radius 2 is 1.62 bits per heavy atom. The van der Waals surface area contributed by atoms with Crippen LogP contribution in [-0.2, 0) is 14.0 Å². The number of carbonyl (C=O) groups is 2. The van der Waals surface area contributed by atoms with Gasteiger partial charge >= 0.3 is 6.09 Å². The average Bonchev–Trinajstić information content (AvgIpc) is 2.48. The van der Waals surface area contributed by atoms with Gasteiger partial charge in [0.05, 0.1) is 6.04 Å². The summed E-state index contributed by atoms with van der Waals surface area (Å²) in [5, 5.41) is 2.77. The Labute approximate surface area is 158 Å². The van der Waals surface area contributed by atoms with E-state index in [4.69, 9.17) is 9.16 Å². The Morgan fingerprint density at radius 1 is 1.08 bits per heavy atom. The lowest BCUT2D eigenvalue weighted by molar-refractivity contribution is -0.115. The molecule has 0 heterocycles. The molecule has 0 aliphatic carbocycles. The van der Waals surface area contributed by atoms with Crippen molar-refractivity contribution in [3.8, 4) is 0 Å². The van der Waals surface area contributed by atoms with Crippen molar-refractivity contribution in [1.82, 2.24) is 5.32 Å². The molecule has 5 nitrogen and oxygen atoms in total. The summed E-state index contributed by atoms with van der Waals surface area (Å²) in [4.78, 5) is 24.2. The van der Waals surface area contributed by atoms with E-state index in [0.29, 0.717) is 0 Å². The molecule has 6 heteroatoms. The van der Waals surface area contributed by atoms with Crippen LogP contribution < -0.4 is 5.32 Å². The van der Waals surface area contributed by atoms with Crippen LogP contribution in [-0.4, -0.2) is 32.4 Å². The Hall–Kier alpha value is -1.66. The maximum absolute atomic E-state index is 12.3. The Balaban J connectivity index is 3.14. The molecule has 0 aromatic heterocycles. The van der Waals surface area contributed by atoms with Gasteiger partial charge in [0.25, 0.3) is 0 Å². The van der Waals surface area contributed by atoms with E-state index in [1.807, 2.05) is 30.3 Å². The Morgan fingerprint density at radius 3 is 2.04 bits per heavy atom. The molecule has 1 rings (SSSR count). The fraction of sp³-hybridized carbons (Fsp3) is 0.600. The third kappa shape index (κ3) is 6.57. The molecule has 26 heavy (non-hydrogen) atoms. The molecule has 1 aromatic carbocycles. The van der Waals surface area contributed by atoms with Gasteiger partial charge in [-0.25, -0.2) is 4.79 Å². The summed E-state index contributed by atoms with van der Waals surface area (Å²) in [6.07, 6.45) is -0.585. The van der Waals surface area contributed by atoms with Crippen molar-refractivity contribution in [2.75, 3.05) is 0 Å². The lowest BCUT2D eigenvalue weighted by Gasteiger charge is -2.40. The van der Waals surface area contributed by atoms with Gasteiger partial charge in [-0.05, 0) is 44.5 Å². The van der Waals surface area contributed by atoms with Crippen LogP contribution in [0.3, 0.4) is 0 Å². The van der Waals surface area contributed by atoms with Crippen LogP contribution >= 0.6 is 0 Å². The van der Waals surface area contributed by atoms with Crippen molar-refractivity contribution < 1.29 is 18.8 Å². The summed E-state index contributed by atoms with van der Waals surface area (Å²) in [5.74, 6) is 0. The van der Waals surface area contributed by atoms with Gasteiger partial charge in [0.15, 0.2) is 8.32 Å². The van der Waals surface area contributed by atoms with Gasteiger partial charge in [-0.2, -0.15) is 0 Å². The molecular formula is C20H33NO4Si. The van der Waals surface area contributed by atoms with E-state index in [-0.39, 0.29) is 5.04 Å². The number of hydrogen-bond acceptors (Lipinski definition) is 4. The number of nitrogens with one attached hydrogen (secondary N) is 1. The third-order valence-electron chi connectivity index (χ3n) is 4.53. The van der Waals surface area contributed by atoms with E-state index < -0.39 is 32.2 Å². The van der Waals surface area contributed by atoms with Gasteiger partial charge in [0.2, 0.25) is 0 Å². The quantitative estimate of drug-likeness (QED) is 0.567. The first-order chi connectivity index (χ1) is 11.8. The zero-order valence-electron chi connectivity index (χ0n) is 17.3. The van der Waals surface area contributed by atoms with E-state index >= 15 is 0 Å². The summed E-state index contributed by atoms with van der Waals surface area (Å²) in [5.41, 5.74) is 0.177. The second kappa shape index (κ2) is 8.35. The molecular weight excluding hydrogens is 346 g/mol. The SMILES string of the molecule is CC(C)(C)OC(=O)N[C@H](c1ccccc1)[C@@H](C=O)O[Si](C)(C)C(C)(C)C. The maximum Gasteiger partial charge on any atom is 0.408 e. The molecule has 0 fully saturated rings. The summed E-state index contributed by atoms with van der Waals surface area (Å²) >= 11 is 0. The highest BCUT2D eigenvalue weighted by Gasteiger charge is 2.41. The lowest BCUT2D eigenvalue weighted by atomic mass is 10.0. The van der Waals surface area contributed by atoms with Crippen LogP contribution in [0.4, 0.5) is 4.79 Å². The number of carbonyl (C=O) groups excluding carboxylic acids is 2. The average molecular weight is 380 g/mol. The smallest absolute Gasteiger partial charge is 0.408 e. The summed E-state index contributed by atoms with van der Waals surface area (Å²) in [6.45, 7) is 15.9. The van der Waals surface area contributed by atoms with E-state index in [0.717, 1.165) is 11.8 Å². The predicted molar refractivity (Wildman–Crippen MR) is 107 cm³/mol. The molecule has 1 amide bonds. The highest BCUT2D eigenvalue weighted by Crippen LogP contribution is 2.38. The molecule has 0 spiro atoms. The van der Waals surface area contributed by atoms with E-state index in [9.17, 15) is 9.59 Å². The molecule has 1 aromatic rings. The first-order valence-electron chi connectivity index (χ1n) is 8.94. The van der Waals surface area contributed by atoms with E-state index in [2.05, 4.69) is 39.2 Å². The highest BCUT2D eigenvalue weighted by atomic mass is 28.4. The fourth-order valence-electron chi connectivity index (χ4n) is 2.14. The summed E-state index contributed by atoms with van der Waals surface area (Å²) < 4.78 is 11.7. The molecule has 146 valence electrons. The molecule has 0 aliphatic heterocycles. The van der Waals surface area contributed by atoms with Crippen molar-refractivity contribution in [1.29, 1.82) is 0 Å². The largest absolute Gasteiger partial charge is 0.444 e. The van der Waals surface area contributed by atoms with Crippen molar-refractivity contribution in [3.63, 3.8) is 0 Å². The van der Waals surface area contributed by atoms with Gasteiger partial charge < -0.3 is 19.3 Å². The number of hydrogen-bond donors (Lipinski definition) is 1. The molecule has 0 radical (unpaired) electrons. The molecule has 0 unspecified atom stereocenters. The van der Waals surface area contributed by atoms with Crippen LogP contribution in [0.5, 0.6) is 0 Å². The topological polar surface area (TPSA) is 64.6 Å². The minimum atomic E-state index is -2.21. The van der Waals surface area contributed by atoms with Crippen molar-refractivity contribution in [2.45, 2.75) is 77.4 Å². The van der Waals surface area contributed by atoms with Crippen LogP contribution in [0.15, 0.2) is 30.3 Å². The minimum Gasteiger partial charge on any atom is -0.444 e. The van der Waals surface area contributed by atoms with Gasteiger partial charge in [0, 0.05) is 0 Å². The predicted octanol–water partition coefficient (Wildman–Crippen LogP) is 4.84. The zero-order chi connectivity index (χ0) is 20.2. The normalized spacial score (nSPS) is 15.1. The molecule has 0 aliphatic rings. The molecule has 0 saturated carbocycles. The summed E-state index contributed by atoms with van der Waals surface area (Å²) in [7, 11) is -2.21. The second-order valence-corrected chi connectivity index (χ2v) is 13.8. The van der Waals surface area contributed by atoms with Crippen molar-refractivity contribution in [2.24, 2.45) is 0 Å². The number of aldehydes is 1. The highest BCUT2D eigenvalue weighted by molar-refractivity contribution is 6.74. The Kier molecular flexibility index (Phi) is 7.19. The van der Waals surface area contributed by atoms with Crippen LogP contribution in [0.2, 0.25) is 18.1 Å². The number of rotatable bonds is 6. The van der Waals surface area contributed by atoms with Gasteiger partial charge in [0.1, 0.15) is 18.0 Å². The van der Waals surface area contributed by atoms with Crippen LogP contribution in [0.25, 0.3) is 0 Å². The number of amides is 1. The van der Waals surface area contributed by atoms with E-state index in [1.54, 1.807) is 20.8 Å². The maximum atomic E-state index is 12.3. The second-order valence-electron chi connectivity index (χ2n) is 9.01. The number of ether oxygens (including phenoxy) is 1. The van der Waals surface area contributed by atoms with Crippen molar-refractivity contribution in [3.05, 3.63) is 35.9 Å². The minimum absolute atomic E-state index is 0.0542. The van der Waals surface area contributed by atoms with Crippen molar-refractivity contribution >= 4 is 20.7 Å². The van der Waals surface area contributed by atoms with Gasteiger partial charge in [-0.15, -0.1) is 0 Å². The lowest BCUT2D eigenvalue weighted by Crippen LogP contribution is -2.49. The molecule has 0 bridgehead atoms. The first kappa shape index (κ1) is 22.4. The molecule has 2 atom stereocenters. The number of benzene rings is 1. The van der Waals surface area contributed by atoms with Crippen LogP contribution in [0.1, 0.15) is 53.1 Å². The van der Waals surface area contributed by atoms with Gasteiger partial charge in [-0.3, -0.25) is 0 Å². The first-order valence-corrected chi connectivity index (χ1v) is 11.9.